The molecule has 2 fully saturated rings. The van der Waals surface area contributed by atoms with Crippen LogP contribution >= 0.6 is 0 Å². The summed E-state index contributed by atoms with van der Waals surface area (Å²) in [5.74, 6) is 2.09. The quantitative estimate of drug-likeness (QED) is 0.920. The molecule has 3 heterocycles. The molecule has 1 N–H and O–H groups in total. The SMILES string of the molecule is CN1CCCC1CNc1nc2c(c(N3CCCCCC3)n1)CCC2. The fourth-order valence-corrected chi connectivity index (χ4v) is 4.48. The van der Waals surface area contributed by atoms with E-state index < -0.39 is 0 Å². The molecule has 2 saturated heterocycles. The van der Waals surface area contributed by atoms with Gasteiger partial charge in [-0.1, -0.05) is 12.8 Å². The summed E-state index contributed by atoms with van der Waals surface area (Å²) < 4.78 is 0. The Kier molecular flexibility index (Phi) is 4.88. The van der Waals surface area contributed by atoms with Gasteiger partial charge in [0.15, 0.2) is 0 Å². The molecular weight excluding hydrogens is 298 g/mol. The van der Waals surface area contributed by atoms with Gasteiger partial charge in [-0.25, -0.2) is 4.98 Å². The first-order valence-corrected chi connectivity index (χ1v) is 9.90. The van der Waals surface area contributed by atoms with Crippen LogP contribution in [0.2, 0.25) is 0 Å². The van der Waals surface area contributed by atoms with Crippen LogP contribution in [0.1, 0.15) is 56.2 Å². The van der Waals surface area contributed by atoms with Gasteiger partial charge in [-0.15, -0.1) is 0 Å². The van der Waals surface area contributed by atoms with E-state index in [1.54, 1.807) is 0 Å². The Hall–Kier alpha value is -1.36. The van der Waals surface area contributed by atoms with E-state index in [1.807, 2.05) is 0 Å². The minimum atomic E-state index is 0.628. The van der Waals surface area contributed by atoms with Crippen molar-refractivity contribution in [1.82, 2.24) is 14.9 Å². The first-order valence-electron chi connectivity index (χ1n) is 9.90. The second-order valence-corrected chi connectivity index (χ2v) is 7.71. The topological polar surface area (TPSA) is 44.3 Å². The number of nitrogens with one attached hydrogen (secondary N) is 1. The number of fused-ring (bicyclic) bond motifs is 1. The van der Waals surface area contributed by atoms with E-state index in [9.17, 15) is 0 Å². The highest BCUT2D eigenvalue weighted by molar-refractivity contribution is 5.54. The third kappa shape index (κ3) is 3.37. The van der Waals surface area contributed by atoms with Crippen LogP contribution in [0.4, 0.5) is 11.8 Å². The lowest BCUT2D eigenvalue weighted by Crippen LogP contribution is -2.32. The van der Waals surface area contributed by atoms with Gasteiger partial charge in [0.25, 0.3) is 0 Å². The fourth-order valence-electron chi connectivity index (χ4n) is 4.48. The summed E-state index contributed by atoms with van der Waals surface area (Å²) >= 11 is 0. The Bertz CT molecular complexity index is 565. The second kappa shape index (κ2) is 7.26. The van der Waals surface area contributed by atoms with Crippen LogP contribution in [0, 0.1) is 0 Å². The Morgan fingerprint density at radius 2 is 1.79 bits per heavy atom. The maximum atomic E-state index is 4.98. The predicted octanol–water partition coefficient (Wildman–Crippen LogP) is 2.85. The molecule has 1 unspecified atom stereocenters. The molecule has 1 aromatic heterocycles. The van der Waals surface area contributed by atoms with E-state index in [-0.39, 0.29) is 0 Å². The Morgan fingerprint density at radius 1 is 0.958 bits per heavy atom. The average molecular weight is 329 g/mol. The van der Waals surface area contributed by atoms with Gasteiger partial charge < -0.3 is 15.1 Å². The summed E-state index contributed by atoms with van der Waals surface area (Å²) in [5.41, 5.74) is 2.73. The molecular formula is C19H31N5. The molecule has 0 radical (unpaired) electrons. The van der Waals surface area contributed by atoms with Gasteiger partial charge in [0, 0.05) is 31.2 Å². The number of likely N-dealkylation sites (N-methyl/N-ethyl adjacent to an activating group) is 1. The van der Waals surface area contributed by atoms with Crippen molar-refractivity contribution in [3.63, 3.8) is 0 Å². The molecule has 0 aromatic carbocycles. The van der Waals surface area contributed by atoms with Crippen LogP contribution < -0.4 is 10.2 Å². The van der Waals surface area contributed by atoms with Gasteiger partial charge >= 0.3 is 0 Å². The van der Waals surface area contributed by atoms with Crippen LogP contribution in [-0.4, -0.2) is 54.1 Å². The normalized spacial score (nSPS) is 24.9. The number of aryl methyl sites for hydroxylation is 1. The maximum absolute atomic E-state index is 4.98. The van der Waals surface area contributed by atoms with Crippen molar-refractivity contribution in [1.29, 1.82) is 0 Å². The van der Waals surface area contributed by atoms with Crippen molar-refractivity contribution in [2.45, 2.75) is 63.8 Å². The maximum Gasteiger partial charge on any atom is 0.224 e. The summed E-state index contributed by atoms with van der Waals surface area (Å²) in [5, 5.41) is 3.55. The number of hydrogen-bond acceptors (Lipinski definition) is 5. The monoisotopic (exact) mass is 329 g/mol. The fraction of sp³-hybridized carbons (Fsp3) is 0.789. The highest BCUT2D eigenvalue weighted by atomic mass is 15.2. The van der Waals surface area contributed by atoms with Gasteiger partial charge in [-0.3, -0.25) is 0 Å². The summed E-state index contributed by atoms with van der Waals surface area (Å²) in [4.78, 5) is 14.8. The standard InChI is InChI=1S/C19H31N5/c1-23-11-7-8-15(23)14-20-19-21-17-10-6-9-16(17)18(22-19)24-12-4-2-3-5-13-24/h15H,2-14H2,1H3,(H,20,21,22). The summed E-state index contributed by atoms with van der Waals surface area (Å²) in [6.45, 7) is 4.51. The van der Waals surface area contributed by atoms with E-state index in [0.717, 1.165) is 38.4 Å². The van der Waals surface area contributed by atoms with Gasteiger partial charge in [-0.2, -0.15) is 4.98 Å². The largest absolute Gasteiger partial charge is 0.356 e. The smallest absolute Gasteiger partial charge is 0.224 e. The number of aromatic nitrogens is 2. The molecule has 0 saturated carbocycles. The minimum absolute atomic E-state index is 0.628. The van der Waals surface area contributed by atoms with Crippen LogP contribution in [-0.2, 0) is 12.8 Å². The van der Waals surface area contributed by atoms with E-state index in [0.29, 0.717) is 6.04 Å². The lowest BCUT2D eigenvalue weighted by molar-refractivity contribution is 0.322. The zero-order valence-corrected chi connectivity index (χ0v) is 15.1. The zero-order valence-electron chi connectivity index (χ0n) is 15.1. The molecule has 2 aliphatic heterocycles. The Balaban J connectivity index is 1.53. The molecule has 3 aliphatic rings. The summed E-state index contributed by atoms with van der Waals surface area (Å²) in [6.07, 6.45) is 11.4. The van der Waals surface area contributed by atoms with Crippen molar-refractivity contribution in [3.8, 4) is 0 Å². The van der Waals surface area contributed by atoms with Crippen LogP contribution in [0.5, 0.6) is 0 Å². The highest BCUT2D eigenvalue weighted by Gasteiger charge is 2.25. The van der Waals surface area contributed by atoms with Crippen molar-refractivity contribution in [2.24, 2.45) is 0 Å². The molecule has 1 aliphatic carbocycles. The number of likely N-dealkylation sites (tertiary alicyclic amines) is 1. The number of nitrogens with zero attached hydrogens (tertiary/aromatic N) is 4. The third-order valence-electron chi connectivity index (χ3n) is 5.98. The molecule has 4 rings (SSSR count). The number of rotatable bonds is 4. The number of anilines is 2. The highest BCUT2D eigenvalue weighted by Crippen LogP contribution is 2.31. The van der Waals surface area contributed by atoms with E-state index in [4.69, 9.17) is 9.97 Å². The predicted molar refractivity (Wildman–Crippen MR) is 98.9 cm³/mol. The lowest BCUT2D eigenvalue weighted by Gasteiger charge is -2.25. The van der Waals surface area contributed by atoms with Crippen molar-refractivity contribution in [3.05, 3.63) is 11.3 Å². The lowest BCUT2D eigenvalue weighted by atomic mass is 10.2. The summed E-state index contributed by atoms with van der Waals surface area (Å²) in [7, 11) is 2.23. The van der Waals surface area contributed by atoms with E-state index >= 15 is 0 Å². The van der Waals surface area contributed by atoms with E-state index in [2.05, 4.69) is 22.2 Å². The zero-order chi connectivity index (χ0) is 16.4. The molecule has 1 aromatic rings. The molecule has 24 heavy (non-hydrogen) atoms. The van der Waals surface area contributed by atoms with Crippen molar-refractivity contribution in [2.75, 3.05) is 43.4 Å². The van der Waals surface area contributed by atoms with Crippen LogP contribution in [0.25, 0.3) is 0 Å². The summed E-state index contributed by atoms with van der Waals surface area (Å²) in [6, 6.07) is 0.628. The van der Waals surface area contributed by atoms with Crippen molar-refractivity contribution >= 4 is 11.8 Å². The molecule has 1 atom stereocenters. The molecule has 0 spiro atoms. The molecule has 5 nitrogen and oxygen atoms in total. The number of hydrogen-bond donors (Lipinski definition) is 1. The van der Waals surface area contributed by atoms with Gasteiger partial charge in [0.2, 0.25) is 5.95 Å². The molecule has 0 bridgehead atoms. The first-order chi connectivity index (χ1) is 11.8. The third-order valence-corrected chi connectivity index (χ3v) is 5.98. The van der Waals surface area contributed by atoms with E-state index in [1.165, 1.54) is 68.6 Å². The van der Waals surface area contributed by atoms with Crippen LogP contribution in [0.3, 0.4) is 0 Å². The Morgan fingerprint density at radius 3 is 2.54 bits per heavy atom. The molecule has 0 amide bonds. The van der Waals surface area contributed by atoms with Gasteiger partial charge in [-0.05, 0) is 58.5 Å². The minimum Gasteiger partial charge on any atom is -0.356 e. The van der Waals surface area contributed by atoms with Crippen LogP contribution in [0.15, 0.2) is 0 Å². The molecule has 5 heteroatoms. The second-order valence-electron chi connectivity index (χ2n) is 7.71. The Labute approximate surface area is 145 Å². The first kappa shape index (κ1) is 16.1. The van der Waals surface area contributed by atoms with Gasteiger partial charge in [0.05, 0.1) is 5.69 Å². The average Bonchev–Trinajstić information content (AvgIpc) is 3.13. The molecule has 132 valence electrons. The van der Waals surface area contributed by atoms with Crippen molar-refractivity contribution < 1.29 is 0 Å². The van der Waals surface area contributed by atoms with Gasteiger partial charge in [0.1, 0.15) is 5.82 Å².